The summed E-state index contributed by atoms with van der Waals surface area (Å²) in [5, 5.41) is 0. The van der Waals surface area contributed by atoms with Gasteiger partial charge in [-0.15, -0.1) is 0 Å². The normalized spacial score (nSPS) is 14.3. The van der Waals surface area contributed by atoms with Crippen LogP contribution in [0.1, 0.15) is 36.6 Å². The lowest BCUT2D eigenvalue weighted by atomic mass is 10.0. The lowest BCUT2D eigenvalue weighted by molar-refractivity contribution is 0.108. The molecule has 0 atom stereocenters. The van der Waals surface area contributed by atoms with Crippen molar-refractivity contribution in [2.45, 2.75) is 32.8 Å². The first kappa shape index (κ1) is 13.1. The summed E-state index contributed by atoms with van der Waals surface area (Å²) in [6, 6.07) is 8.20. The number of nitrogens with one attached hydrogen (secondary N) is 1. The standard InChI is InChI=1S/C16H18N2O2/c1-10(2)11-3-5-12(6-4-11)15-17-14-7-8-20-9-13(14)16(19)18-15/h3-6,10H,7-9H2,1-2H3,(H,17,18,19). The Morgan fingerprint density at radius 3 is 2.70 bits per heavy atom. The van der Waals surface area contributed by atoms with Gasteiger partial charge >= 0.3 is 0 Å². The van der Waals surface area contributed by atoms with Gasteiger partial charge in [0.2, 0.25) is 0 Å². The summed E-state index contributed by atoms with van der Waals surface area (Å²) in [6.07, 6.45) is 0.705. The number of hydrogen-bond acceptors (Lipinski definition) is 3. The van der Waals surface area contributed by atoms with Crippen molar-refractivity contribution in [3.63, 3.8) is 0 Å². The van der Waals surface area contributed by atoms with Crippen LogP contribution in [0.3, 0.4) is 0 Å². The van der Waals surface area contributed by atoms with Crippen LogP contribution in [0.2, 0.25) is 0 Å². The molecule has 0 bridgehead atoms. The molecule has 0 fully saturated rings. The summed E-state index contributed by atoms with van der Waals surface area (Å²) in [4.78, 5) is 19.5. The van der Waals surface area contributed by atoms with Crippen molar-refractivity contribution in [2.75, 3.05) is 6.61 Å². The highest BCUT2D eigenvalue weighted by molar-refractivity contribution is 5.56. The van der Waals surface area contributed by atoms with Crippen LogP contribution in [0.4, 0.5) is 0 Å². The van der Waals surface area contributed by atoms with Gasteiger partial charge < -0.3 is 9.72 Å². The minimum absolute atomic E-state index is 0.0855. The Kier molecular flexibility index (Phi) is 3.40. The molecule has 0 amide bonds. The molecule has 1 N–H and O–H groups in total. The Balaban J connectivity index is 2.02. The van der Waals surface area contributed by atoms with Crippen molar-refractivity contribution >= 4 is 0 Å². The fourth-order valence-corrected chi connectivity index (χ4v) is 2.41. The summed E-state index contributed by atoms with van der Waals surface area (Å²) in [5.74, 6) is 1.14. The molecule has 20 heavy (non-hydrogen) atoms. The average molecular weight is 270 g/mol. The highest BCUT2D eigenvalue weighted by atomic mass is 16.5. The van der Waals surface area contributed by atoms with Crippen LogP contribution in [0.5, 0.6) is 0 Å². The van der Waals surface area contributed by atoms with Gasteiger partial charge in [0.05, 0.1) is 24.5 Å². The van der Waals surface area contributed by atoms with Crippen LogP contribution in [-0.4, -0.2) is 16.6 Å². The SMILES string of the molecule is CC(C)c1ccc(-c2nc3c(c(=O)[nH]2)COCC3)cc1. The van der Waals surface area contributed by atoms with Gasteiger partial charge in [-0.2, -0.15) is 0 Å². The predicted molar refractivity (Wildman–Crippen MR) is 77.7 cm³/mol. The fraction of sp³-hybridized carbons (Fsp3) is 0.375. The molecule has 0 saturated heterocycles. The number of hydrogen-bond donors (Lipinski definition) is 1. The molecular formula is C16H18N2O2. The molecule has 3 rings (SSSR count). The van der Waals surface area contributed by atoms with Crippen LogP contribution >= 0.6 is 0 Å². The number of ether oxygens (including phenoxy) is 1. The molecule has 0 saturated carbocycles. The Labute approximate surface area is 117 Å². The number of fused-ring (bicyclic) bond motifs is 1. The Morgan fingerprint density at radius 1 is 1.25 bits per heavy atom. The van der Waals surface area contributed by atoms with Crippen molar-refractivity contribution in [3.05, 3.63) is 51.4 Å². The summed E-state index contributed by atoms with van der Waals surface area (Å²) >= 11 is 0. The average Bonchev–Trinajstić information content (AvgIpc) is 2.47. The summed E-state index contributed by atoms with van der Waals surface area (Å²) in [7, 11) is 0. The lowest BCUT2D eigenvalue weighted by Gasteiger charge is -2.15. The third-order valence-electron chi connectivity index (χ3n) is 3.68. The van der Waals surface area contributed by atoms with E-state index in [1.54, 1.807) is 0 Å². The number of rotatable bonds is 2. The minimum atomic E-state index is -0.0855. The summed E-state index contributed by atoms with van der Waals surface area (Å²) in [5.41, 5.74) is 3.67. The Hall–Kier alpha value is -1.94. The lowest BCUT2D eigenvalue weighted by Crippen LogP contribution is -2.24. The minimum Gasteiger partial charge on any atom is -0.376 e. The number of aromatic amines is 1. The molecule has 1 aliphatic heterocycles. The molecular weight excluding hydrogens is 252 g/mol. The first-order chi connectivity index (χ1) is 9.65. The van der Waals surface area contributed by atoms with E-state index in [0.29, 0.717) is 36.9 Å². The van der Waals surface area contributed by atoms with Gasteiger partial charge in [0.15, 0.2) is 0 Å². The van der Waals surface area contributed by atoms with Crippen molar-refractivity contribution in [1.82, 2.24) is 9.97 Å². The number of benzene rings is 1. The van der Waals surface area contributed by atoms with E-state index in [0.717, 1.165) is 11.3 Å². The third kappa shape index (κ3) is 2.39. The Morgan fingerprint density at radius 2 is 2.00 bits per heavy atom. The van der Waals surface area contributed by atoms with Gasteiger partial charge in [-0.1, -0.05) is 38.1 Å². The largest absolute Gasteiger partial charge is 0.376 e. The van der Waals surface area contributed by atoms with Gasteiger partial charge in [-0.05, 0) is 11.5 Å². The molecule has 1 aliphatic rings. The second kappa shape index (κ2) is 5.21. The van der Waals surface area contributed by atoms with Crippen LogP contribution in [0.25, 0.3) is 11.4 Å². The first-order valence-corrected chi connectivity index (χ1v) is 6.95. The van der Waals surface area contributed by atoms with E-state index < -0.39 is 0 Å². The van der Waals surface area contributed by atoms with E-state index in [2.05, 4.69) is 35.9 Å². The van der Waals surface area contributed by atoms with Crippen molar-refractivity contribution in [1.29, 1.82) is 0 Å². The summed E-state index contributed by atoms with van der Waals surface area (Å²) in [6.45, 7) is 5.32. The molecule has 4 heteroatoms. The summed E-state index contributed by atoms with van der Waals surface area (Å²) < 4.78 is 5.30. The van der Waals surface area contributed by atoms with E-state index in [1.807, 2.05) is 12.1 Å². The zero-order valence-electron chi connectivity index (χ0n) is 11.8. The highest BCUT2D eigenvalue weighted by Crippen LogP contribution is 2.21. The highest BCUT2D eigenvalue weighted by Gasteiger charge is 2.16. The van der Waals surface area contributed by atoms with Crippen LogP contribution in [0, 0.1) is 0 Å². The molecule has 104 valence electrons. The van der Waals surface area contributed by atoms with Gasteiger partial charge in [0.1, 0.15) is 5.82 Å². The fourth-order valence-electron chi connectivity index (χ4n) is 2.41. The first-order valence-electron chi connectivity index (χ1n) is 6.95. The second-order valence-corrected chi connectivity index (χ2v) is 5.42. The number of aromatic nitrogens is 2. The van der Waals surface area contributed by atoms with E-state index in [9.17, 15) is 4.79 Å². The maximum absolute atomic E-state index is 12.1. The predicted octanol–water partition coefficient (Wildman–Crippen LogP) is 2.63. The van der Waals surface area contributed by atoms with E-state index >= 15 is 0 Å². The van der Waals surface area contributed by atoms with Crippen LogP contribution in [-0.2, 0) is 17.8 Å². The molecule has 4 nitrogen and oxygen atoms in total. The number of H-pyrrole nitrogens is 1. The van der Waals surface area contributed by atoms with Crippen molar-refractivity contribution in [3.8, 4) is 11.4 Å². The van der Waals surface area contributed by atoms with Gasteiger partial charge in [-0.25, -0.2) is 4.98 Å². The maximum atomic E-state index is 12.1. The smallest absolute Gasteiger partial charge is 0.256 e. The van der Waals surface area contributed by atoms with E-state index in [-0.39, 0.29) is 5.56 Å². The molecule has 2 heterocycles. The molecule has 0 unspecified atom stereocenters. The third-order valence-corrected chi connectivity index (χ3v) is 3.68. The van der Waals surface area contributed by atoms with E-state index in [4.69, 9.17) is 4.74 Å². The van der Waals surface area contributed by atoms with E-state index in [1.165, 1.54) is 5.56 Å². The number of nitrogens with zero attached hydrogens (tertiary/aromatic N) is 1. The zero-order chi connectivity index (χ0) is 14.1. The van der Waals surface area contributed by atoms with Gasteiger partial charge in [0.25, 0.3) is 5.56 Å². The zero-order valence-corrected chi connectivity index (χ0v) is 11.8. The quantitative estimate of drug-likeness (QED) is 0.912. The molecule has 2 aromatic rings. The van der Waals surface area contributed by atoms with Gasteiger partial charge in [0, 0.05) is 12.0 Å². The molecule has 1 aromatic heterocycles. The topological polar surface area (TPSA) is 55.0 Å². The van der Waals surface area contributed by atoms with Gasteiger partial charge in [-0.3, -0.25) is 4.79 Å². The molecule has 0 aliphatic carbocycles. The Bertz CT molecular complexity index is 672. The maximum Gasteiger partial charge on any atom is 0.256 e. The van der Waals surface area contributed by atoms with Crippen molar-refractivity contribution < 1.29 is 4.74 Å². The monoisotopic (exact) mass is 270 g/mol. The second-order valence-electron chi connectivity index (χ2n) is 5.42. The molecule has 1 aromatic carbocycles. The van der Waals surface area contributed by atoms with Crippen molar-refractivity contribution in [2.24, 2.45) is 0 Å². The van der Waals surface area contributed by atoms with Crippen LogP contribution < -0.4 is 5.56 Å². The molecule has 0 radical (unpaired) electrons. The molecule has 0 spiro atoms. The van der Waals surface area contributed by atoms with Crippen LogP contribution in [0.15, 0.2) is 29.1 Å².